The Kier molecular flexibility index (Phi) is 6.56. The van der Waals surface area contributed by atoms with Gasteiger partial charge in [0.25, 0.3) is 0 Å². The Morgan fingerprint density at radius 2 is 1.74 bits per heavy atom. The van der Waals surface area contributed by atoms with E-state index in [1.807, 2.05) is 0 Å². The molecule has 0 aliphatic carbocycles. The number of nitrogens with zero attached hydrogens (tertiary/aromatic N) is 2. The summed E-state index contributed by atoms with van der Waals surface area (Å²) in [6.45, 7) is 14.4. The molecule has 0 aliphatic rings. The van der Waals surface area contributed by atoms with Gasteiger partial charge in [-0.3, -0.25) is 4.68 Å². The zero-order valence-electron chi connectivity index (χ0n) is 13.6. The van der Waals surface area contributed by atoms with Crippen molar-refractivity contribution in [2.45, 2.75) is 79.3 Å². The number of hydrogen-bond acceptors (Lipinski definition) is 2. The summed E-state index contributed by atoms with van der Waals surface area (Å²) >= 11 is 0. The second kappa shape index (κ2) is 7.68. The molecule has 2 atom stereocenters. The molecule has 0 bridgehead atoms. The van der Waals surface area contributed by atoms with E-state index in [4.69, 9.17) is 5.10 Å². The molecule has 0 spiro atoms. The van der Waals surface area contributed by atoms with Gasteiger partial charge >= 0.3 is 0 Å². The molecular formula is C16H31N3. The molecule has 19 heavy (non-hydrogen) atoms. The van der Waals surface area contributed by atoms with Crippen LogP contribution in [0.1, 0.15) is 83.4 Å². The van der Waals surface area contributed by atoms with E-state index in [1.165, 1.54) is 17.0 Å². The zero-order valence-corrected chi connectivity index (χ0v) is 13.6. The summed E-state index contributed by atoms with van der Waals surface area (Å²) in [7, 11) is 0. The summed E-state index contributed by atoms with van der Waals surface area (Å²) < 4.78 is 2.27. The largest absolute Gasteiger partial charge is 0.310 e. The van der Waals surface area contributed by atoms with Gasteiger partial charge in [-0.15, -0.1) is 0 Å². The molecule has 0 aliphatic heterocycles. The van der Waals surface area contributed by atoms with E-state index in [2.05, 4.69) is 51.5 Å². The maximum atomic E-state index is 4.90. The van der Waals surface area contributed by atoms with Gasteiger partial charge in [-0.05, 0) is 39.2 Å². The van der Waals surface area contributed by atoms with E-state index >= 15 is 0 Å². The highest BCUT2D eigenvalue weighted by atomic mass is 15.3. The molecule has 0 radical (unpaired) electrons. The lowest BCUT2D eigenvalue weighted by Gasteiger charge is -2.19. The highest BCUT2D eigenvalue weighted by Crippen LogP contribution is 2.28. The van der Waals surface area contributed by atoms with E-state index in [0.29, 0.717) is 12.1 Å². The van der Waals surface area contributed by atoms with E-state index in [1.54, 1.807) is 0 Å². The zero-order chi connectivity index (χ0) is 14.4. The predicted molar refractivity (Wildman–Crippen MR) is 82.7 cm³/mol. The molecule has 1 N–H and O–H groups in total. The van der Waals surface area contributed by atoms with Crippen LogP contribution in [0.15, 0.2) is 0 Å². The highest BCUT2D eigenvalue weighted by Gasteiger charge is 2.23. The summed E-state index contributed by atoms with van der Waals surface area (Å²) in [6.07, 6.45) is 4.34. The summed E-state index contributed by atoms with van der Waals surface area (Å²) in [5.41, 5.74) is 4.18. The van der Waals surface area contributed by atoms with Crippen molar-refractivity contribution in [2.75, 3.05) is 6.54 Å². The Morgan fingerprint density at radius 3 is 2.16 bits per heavy atom. The highest BCUT2D eigenvalue weighted by molar-refractivity contribution is 5.30. The fraction of sp³-hybridized carbons (Fsp3) is 0.812. The van der Waals surface area contributed by atoms with Crippen LogP contribution in [0.3, 0.4) is 0 Å². The second-order valence-electron chi connectivity index (χ2n) is 5.23. The first-order chi connectivity index (χ1) is 9.14. The minimum absolute atomic E-state index is 0.452. The van der Waals surface area contributed by atoms with Crippen LogP contribution < -0.4 is 5.32 Å². The normalized spacial score (nSPS) is 14.6. The van der Waals surface area contributed by atoms with Gasteiger partial charge in [0.1, 0.15) is 0 Å². The van der Waals surface area contributed by atoms with Gasteiger partial charge in [0.05, 0.1) is 5.69 Å². The number of hydrogen-bond donors (Lipinski definition) is 1. The van der Waals surface area contributed by atoms with E-state index in [0.717, 1.165) is 32.2 Å². The molecule has 110 valence electrons. The van der Waals surface area contributed by atoms with Crippen LogP contribution in [0.4, 0.5) is 0 Å². The molecule has 1 aromatic heterocycles. The van der Waals surface area contributed by atoms with Crippen LogP contribution in [0.2, 0.25) is 0 Å². The number of rotatable bonds is 8. The fourth-order valence-electron chi connectivity index (χ4n) is 2.78. The van der Waals surface area contributed by atoms with Crippen LogP contribution in [0.5, 0.6) is 0 Å². The van der Waals surface area contributed by atoms with Gasteiger partial charge in [-0.1, -0.05) is 34.6 Å². The monoisotopic (exact) mass is 265 g/mol. The number of nitrogens with one attached hydrogen (secondary N) is 1. The van der Waals surface area contributed by atoms with Crippen molar-refractivity contribution in [3.05, 3.63) is 17.0 Å². The van der Waals surface area contributed by atoms with Crippen molar-refractivity contribution in [2.24, 2.45) is 0 Å². The molecule has 1 heterocycles. The predicted octanol–water partition coefficient (Wildman–Crippen LogP) is 4.04. The Balaban J connectivity index is 3.30. The second-order valence-corrected chi connectivity index (χ2v) is 5.23. The minimum Gasteiger partial charge on any atom is -0.310 e. The van der Waals surface area contributed by atoms with Crippen molar-refractivity contribution in [1.82, 2.24) is 15.1 Å². The average Bonchev–Trinajstić information content (AvgIpc) is 2.82. The summed E-state index contributed by atoms with van der Waals surface area (Å²) in [5.74, 6) is 0. The van der Waals surface area contributed by atoms with Gasteiger partial charge in [0, 0.05) is 23.3 Å². The SMILES string of the molecule is CCNC(CC)c1c(CC)nn(C(C)CC)c1CC. The van der Waals surface area contributed by atoms with Crippen LogP contribution in [-0.2, 0) is 12.8 Å². The molecule has 3 heteroatoms. The van der Waals surface area contributed by atoms with Crippen LogP contribution in [-0.4, -0.2) is 16.3 Å². The lowest BCUT2D eigenvalue weighted by molar-refractivity contribution is 0.455. The number of aromatic nitrogens is 2. The molecule has 0 amide bonds. The molecule has 1 rings (SSSR count). The maximum absolute atomic E-state index is 4.90. The third kappa shape index (κ3) is 3.38. The van der Waals surface area contributed by atoms with Gasteiger partial charge < -0.3 is 5.32 Å². The van der Waals surface area contributed by atoms with Crippen molar-refractivity contribution in [1.29, 1.82) is 0 Å². The standard InChI is InChI=1S/C16H31N3/c1-7-12(6)19-15(10-4)16(14(9-3)18-19)13(8-2)17-11-5/h12-13,17H,7-11H2,1-6H3. The summed E-state index contributed by atoms with van der Waals surface area (Å²) in [5, 5.41) is 8.51. The molecule has 3 nitrogen and oxygen atoms in total. The first-order valence-electron chi connectivity index (χ1n) is 7.97. The maximum Gasteiger partial charge on any atom is 0.0672 e. The van der Waals surface area contributed by atoms with Gasteiger partial charge in [0.15, 0.2) is 0 Å². The van der Waals surface area contributed by atoms with Gasteiger partial charge in [0.2, 0.25) is 0 Å². The van der Waals surface area contributed by atoms with E-state index < -0.39 is 0 Å². The molecule has 0 saturated carbocycles. The average molecular weight is 265 g/mol. The summed E-state index contributed by atoms with van der Waals surface area (Å²) in [4.78, 5) is 0. The van der Waals surface area contributed by atoms with Crippen molar-refractivity contribution in [3.8, 4) is 0 Å². The van der Waals surface area contributed by atoms with Crippen LogP contribution >= 0.6 is 0 Å². The molecule has 0 aromatic carbocycles. The lowest BCUT2D eigenvalue weighted by atomic mass is 9.99. The Morgan fingerprint density at radius 1 is 1.05 bits per heavy atom. The van der Waals surface area contributed by atoms with Crippen LogP contribution in [0, 0.1) is 0 Å². The van der Waals surface area contributed by atoms with Crippen molar-refractivity contribution < 1.29 is 0 Å². The fourth-order valence-corrected chi connectivity index (χ4v) is 2.78. The minimum atomic E-state index is 0.452. The lowest BCUT2D eigenvalue weighted by Crippen LogP contribution is -2.22. The van der Waals surface area contributed by atoms with Crippen LogP contribution in [0.25, 0.3) is 0 Å². The molecule has 2 unspecified atom stereocenters. The Hall–Kier alpha value is -0.830. The third-order valence-electron chi connectivity index (χ3n) is 4.01. The molecular weight excluding hydrogens is 234 g/mol. The topological polar surface area (TPSA) is 29.9 Å². The number of aryl methyl sites for hydroxylation is 1. The quantitative estimate of drug-likeness (QED) is 0.769. The van der Waals surface area contributed by atoms with Crippen molar-refractivity contribution in [3.63, 3.8) is 0 Å². The van der Waals surface area contributed by atoms with Crippen molar-refractivity contribution >= 4 is 0 Å². The van der Waals surface area contributed by atoms with E-state index in [-0.39, 0.29) is 0 Å². The molecule has 0 fully saturated rings. The smallest absolute Gasteiger partial charge is 0.0672 e. The molecule has 1 aromatic rings. The molecule has 0 saturated heterocycles. The Bertz CT molecular complexity index is 382. The summed E-state index contributed by atoms with van der Waals surface area (Å²) in [6, 6.07) is 0.945. The van der Waals surface area contributed by atoms with Gasteiger partial charge in [-0.2, -0.15) is 5.10 Å². The van der Waals surface area contributed by atoms with E-state index in [9.17, 15) is 0 Å². The third-order valence-corrected chi connectivity index (χ3v) is 4.01. The first-order valence-corrected chi connectivity index (χ1v) is 7.97. The Labute approximate surface area is 118 Å². The van der Waals surface area contributed by atoms with Gasteiger partial charge in [-0.25, -0.2) is 0 Å². The first kappa shape index (κ1) is 16.2.